The normalized spacial score (nSPS) is 25.9. The van der Waals surface area contributed by atoms with Gasteiger partial charge in [0, 0.05) is 24.9 Å². The molecule has 1 heterocycles. The number of nitrogens with zero attached hydrogens (tertiary/aromatic N) is 1. The zero-order chi connectivity index (χ0) is 13.1. The van der Waals surface area contributed by atoms with Crippen LogP contribution in [-0.4, -0.2) is 49.9 Å². The van der Waals surface area contributed by atoms with E-state index in [9.17, 15) is 13.2 Å². The van der Waals surface area contributed by atoms with Crippen molar-refractivity contribution in [3.63, 3.8) is 0 Å². The van der Waals surface area contributed by atoms with Crippen LogP contribution in [0, 0.1) is 5.92 Å². The highest BCUT2D eigenvalue weighted by Crippen LogP contribution is 2.22. The van der Waals surface area contributed by atoms with Crippen LogP contribution < -0.4 is 5.73 Å². The van der Waals surface area contributed by atoms with Crippen LogP contribution in [-0.2, 0) is 14.6 Å². The molecule has 2 unspecified atom stereocenters. The van der Waals surface area contributed by atoms with Gasteiger partial charge >= 0.3 is 0 Å². The lowest BCUT2D eigenvalue weighted by Crippen LogP contribution is -2.51. The van der Waals surface area contributed by atoms with Gasteiger partial charge in [-0.3, -0.25) is 4.79 Å². The smallest absolute Gasteiger partial charge is 0.238 e. The van der Waals surface area contributed by atoms with Gasteiger partial charge in [-0.15, -0.1) is 0 Å². The van der Waals surface area contributed by atoms with Gasteiger partial charge in [0.25, 0.3) is 0 Å². The molecule has 0 radical (unpaired) electrons. The van der Waals surface area contributed by atoms with Gasteiger partial charge in [0.05, 0.1) is 0 Å². The van der Waals surface area contributed by atoms with E-state index < -0.39 is 9.84 Å². The Kier molecular flexibility index (Phi) is 4.94. The van der Waals surface area contributed by atoms with E-state index in [0.29, 0.717) is 19.0 Å². The molecule has 1 amide bonds. The number of hydrogen-bond acceptors (Lipinski definition) is 4. The summed E-state index contributed by atoms with van der Waals surface area (Å²) >= 11 is 0. The Labute approximate surface area is 103 Å². The van der Waals surface area contributed by atoms with Crippen molar-refractivity contribution in [3.05, 3.63) is 0 Å². The Hall–Kier alpha value is -0.620. The third kappa shape index (κ3) is 3.96. The van der Waals surface area contributed by atoms with E-state index in [1.165, 1.54) is 0 Å². The minimum atomic E-state index is -3.25. The van der Waals surface area contributed by atoms with Gasteiger partial charge in [0.2, 0.25) is 5.91 Å². The van der Waals surface area contributed by atoms with Gasteiger partial charge in [-0.05, 0) is 18.8 Å². The lowest BCUT2D eigenvalue weighted by Gasteiger charge is -2.38. The molecule has 1 fully saturated rings. The van der Waals surface area contributed by atoms with Crippen molar-refractivity contribution in [2.75, 3.05) is 24.6 Å². The molecule has 0 aromatic rings. The average Bonchev–Trinajstić information content (AvgIpc) is 2.28. The monoisotopic (exact) mass is 262 g/mol. The van der Waals surface area contributed by atoms with Crippen molar-refractivity contribution in [1.82, 2.24) is 4.90 Å². The first-order chi connectivity index (χ1) is 7.89. The highest BCUT2D eigenvalue weighted by Gasteiger charge is 2.30. The fourth-order valence-corrected chi connectivity index (χ4v) is 2.92. The van der Waals surface area contributed by atoms with Crippen LogP contribution in [0.1, 0.15) is 26.7 Å². The molecule has 0 aromatic carbocycles. The minimum Gasteiger partial charge on any atom is -0.338 e. The summed E-state index contributed by atoms with van der Waals surface area (Å²) in [6, 6.07) is -0.00157. The standard InChI is InChI=1S/C11H22N2O3S/c1-3-17(15,16)8-11(14)13-5-4-9(2)6-10(13)7-12/h9-10H,3-8,12H2,1-2H3. The highest BCUT2D eigenvalue weighted by atomic mass is 32.2. The third-order valence-corrected chi connectivity index (χ3v) is 4.92. The number of amides is 1. The molecule has 100 valence electrons. The third-order valence-electron chi connectivity index (χ3n) is 3.35. The number of rotatable bonds is 4. The van der Waals surface area contributed by atoms with Crippen LogP contribution in [0.3, 0.4) is 0 Å². The van der Waals surface area contributed by atoms with Crippen LogP contribution >= 0.6 is 0 Å². The van der Waals surface area contributed by atoms with Gasteiger partial charge in [-0.2, -0.15) is 0 Å². The Morgan fingerprint density at radius 2 is 2.12 bits per heavy atom. The average molecular weight is 262 g/mol. The van der Waals surface area contributed by atoms with E-state index in [-0.39, 0.29) is 23.5 Å². The molecular weight excluding hydrogens is 240 g/mol. The number of hydrogen-bond donors (Lipinski definition) is 1. The molecule has 1 aliphatic heterocycles. The number of nitrogens with two attached hydrogens (primary N) is 1. The first-order valence-electron chi connectivity index (χ1n) is 6.09. The van der Waals surface area contributed by atoms with Crippen LogP contribution in [0.2, 0.25) is 0 Å². The zero-order valence-electron chi connectivity index (χ0n) is 10.6. The Balaban J connectivity index is 2.68. The van der Waals surface area contributed by atoms with E-state index in [2.05, 4.69) is 6.92 Å². The Bertz CT molecular complexity index is 367. The lowest BCUT2D eigenvalue weighted by atomic mass is 9.92. The number of carbonyl (C=O) groups is 1. The van der Waals surface area contributed by atoms with Crippen molar-refractivity contribution >= 4 is 15.7 Å². The largest absolute Gasteiger partial charge is 0.338 e. The molecule has 0 spiro atoms. The molecule has 2 N–H and O–H groups in total. The quantitative estimate of drug-likeness (QED) is 0.773. The summed E-state index contributed by atoms with van der Waals surface area (Å²) in [7, 11) is -3.25. The lowest BCUT2D eigenvalue weighted by molar-refractivity contribution is -0.132. The summed E-state index contributed by atoms with van der Waals surface area (Å²) in [6.45, 7) is 4.72. The van der Waals surface area contributed by atoms with Gasteiger partial charge in [-0.1, -0.05) is 13.8 Å². The fourth-order valence-electron chi connectivity index (χ4n) is 2.18. The summed E-state index contributed by atoms with van der Waals surface area (Å²) in [4.78, 5) is 13.6. The number of carbonyl (C=O) groups excluding carboxylic acids is 1. The molecule has 1 aliphatic rings. The molecule has 0 aliphatic carbocycles. The number of piperidine rings is 1. The summed E-state index contributed by atoms with van der Waals surface area (Å²) < 4.78 is 22.9. The van der Waals surface area contributed by atoms with Gasteiger partial charge in [0.1, 0.15) is 5.75 Å². The second-order valence-electron chi connectivity index (χ2n) is 4.78. The Morgan fingerprint density at radius 3 is 2.65 bits per heavy atom. The summed E-state index contributed by atoms with van der Waals surface area (Å²) in [6.07, 6.45) is 1.79. The number of sulfone groups is 1. The molecule has 6 heteroatoms. The molecule has 0 bridgehead atoms. The van der Waals surface area contributed by atoms with E-state index in [0.717, 1.165) is 12.8 Å². The van der Waals surface area contributed by atoms with E-state index in [1.54, 1.807) is 11.8 Å². The topological polar surface area (TPSA) is 80.5 Å². The van der Waals surface area contributed by atoms with E-state index in [4.69, 9.17) is 5.73 Å². The molecule has 1 saturated heterocycles. The second-order valence-corrected chi connectivity index (χ2v) is 7.14. The molecule has 2 atom stereocenters. The minimum absolute atomic E-state index is 0.00157. The van der Waals surface area contributed by atoms with E-state index >= 15 is 0 Å². The summed E-state index contributed by atoms with van der Waals surface area (Å²) in [5.74, 6) is -0.116. The van der Waals surface area contributed by atoms with Crippen LogP contribution in [0.4, 0.5) is 0 Å². The van der Waals surface area contributed by atoms with E-state index in [1.807, 2.05) is 0 Å². The second kappa shape index (κ2) is 5.82. The maximum Gasteiger partial charge on any atom is 0.238 e. The molecule has 1 rings (SSSR count). The first-order valence-corrected chi connectivity index (χ1v) is 7.91. The molecule has 0 saturated carbocycles. The first kappa shape index (κ1) is 14.4. The van der Waals surface area contributed by atoms with Crippen molar-refractivity contribution in [2.24, 2.45) is 11.7 Å². The van der Waals surface area contributed by atoms with Crippen molar-refractivity contribution in [1.29, 1.82) is 0 Å². The predicted octanol–water partition coefficient (Wildman–Crippen LogP) is 0.00690. The fraction of sp³-hybridized carbons (Fsp3) is 0.909. The van der Waals surface area contributed by atoms with Gasteiger partial charge < -0.3 is 10.6 Å². The maximum atomic E-state index is 11.9. The summed E-state index contributed by atoms with van der Waals surface area (Å²) in [5, 5.41) is 0. The molecule has 0 aromatic heterocycles. The molecule has 17 heavy (non-hydrogen) atoms. The SMILES string of the molecule is CCS(=O)(=O)CC(=O)N1CCC(C)CC1CN. The van der Waals surface area contributed by atoms with Crippen molar-refractivity contribution in [3.8, 4) is 0 Å². The zero-order valence-corrected chi connectivity index (χ0v) is 11.4. The highest BCUT2D eigenvalue weighted by molar-refractivity contribution is 7.92. The molecule has 5 nitrogen and oxygen atoms in total. The van der Waals surface area contributed by atoms with Crippen molar-refractivity contribution < 1.29 is 13.2 Å². The Morgan fingerprint density at radius 1 is 1.47 bits per heavy atom. The summed E-state index contributed by atoms with van der Waals surface area (Å²) in [5.41, 5.74) is 5.65. The van der Waals surface area contributed by atoms with Crippen molar-refractivity contribution in [2.45, 2.75) is 32.7 Å². The predicted molar refractivity (Wildman–Crippen MR) is 67.3 cm³/mol. The van der Waals surface area contributed by atoms with Crippen LogP contribution in [0.15, 0.2) is 0 Å². The van der Waals surface area contributed by atoms with Gasteiger partial charge in [-0.25, -0.2) is 8.42 Å². The van der Waals surface area contributed by atoms with Crippen LogP contribution in [0.5, 0.6) is 0 Å². The van der Waals surface area contributed by atoms with Gasteiger partial charge in [0.15, 0.2) is 9.84 Å². The maximum absolute atomic E-state index is 11.9. The number of likely N-dealkylation sites (tertiary alicyclic amines) is 1. The van der Waals surface area contributed by atoms with Crippen LogP contribution in [0.25, 0.3) is 0 Å². The molecular formula is C11H22N2O3S.